The van der Waals surface area contributed by atoms with E-state index in [1.165, 1.54) is 0 Å². The zero-order valence-corrected chi connectivity index (χ0v) is 17.9. The largest absolute Gasteiger partial charge is 0.363 e. The maximum absolute atomic E-state index is 13.1. The Labute approximate surface area is 184 Å². The highest BCUT2D eigenvalue weighted by Gasteiger charge is 2.40. The topological polar surface area (TPSA) is 51.7 Å². The summed E-state index contributed by atoms with van der Waals surface area (Å²) in [6.45, 7) is 2.99. The van der Waals surface area contributed by atoms with Gasteiger partial charge in [0.1, 0.15) is 0 Å². The van der Waals surface area contributed by atoms with Crippen molar-refractivity contribution in [3.05, 3.63) is 70.3 Å². The van der Waals surface area contributed by atoms with E-state index in [-0.39, 0.29) is 5.78 Å². The van der Waals surface area contributed by atoms with Crippen molar-refractivity contribution < 1.29 is 14.3 Å². The maximum atomic E-state index is 13.1. The summed E-state index contributed by atoms with van der Waals surface area (Å²) in [6, 6.07) is 13.0. The van der Waals surface area contributed by atoms with Gasteiger partial charge in [-0.25, -0.2) is 0 Å². The molecule has 154 valence electrons. The molecule has 4 heterocycles. The van der Waals surface area contributed by atoms with Crippen LogP contribution < -0.4 is 4.90 Å². The number of benzene rings is 1. The molecule has 30 heavy (non-hydrogen) atoms. The van der Waals surface area contributed by atoms with Crippen LogP contribution in [0.1, 0.15) is 28.1 Å². The van der Waals surface area contributed by atoms with Crippen molar-refractivity contribution in [2.45, 2.75) is 18.6 Å². The second-order valence-corrected chi connectivity index (χ2v) is 8.96. The van der Waals surface area contributed by atoms with Gasteiger partial charge < -0.3 is 14.4 Å². The molecule has 2 aliphatic heterocycles. The number of carbonyl (C=O) groups excluding carboxylic acids is 1. The van der Waals surface area contributed by atoms with Crippen LogP contribution in [0.25, 0.3) is 11.1 Å². The Morgan fingerprint density at radius 1 is 1.03 bits per heavy atom. The normalized spacial score (nSPS) is 18.1. The van der Waals surface area contributed by atoms with E-state index in [1.54, 1.807) is 48.0 Å². The SMILES string of the molecule is O=C(c1ccc(Cl)cc1)c1cc(-c2ccncc2)c(N2CCC3(CC2)OCCO3)s1. The molecule has 0 amide bonds. The predicted octanol–water partition coefficient (Wildman–Crippen LogP) is 5.04. The van der Waals surface area contributed by atoms with Gasteiger partial charge in [-0.05, 0) is 48.0 Å². The zero-order chi connectivity index (χ0) is 20.6. The summed E-state index contributed by atoms with van der Waals surface area (Å²) in [7, 11) is 0. The van der Waals surface area contributed by atoms with Gasteiger partial charge in [0, 0.05) is 54.5 Å². The third-order valence-electron chi connectivity index (χ3n) is 5.66. The lowest BCUT2D eigenvalue weighted by molar-refractivity contribution is -0.169. The summed E-state index contributed by atoms with van der Waals surface area (Å²) >= 11 is 7.52. The molecule has 7 heteroatoms. The van der Waals surface area contributed by atoms with E-state index in [9.17, 15) is 4.79 Å². The Bertz CT molecular complexity index is 1040. The van der Waals surface area contributed by atoms with Crippen LogP contribution in [0.2, 0.25) is 5.02 Å². The van der Waals surface area contributed by atoms with Gasteiger partial charge in [0.25, 0.3) is 0 Å². The van der Waals surface area contributed by atoms with Crippen LogP contribution in [0, 0.1) is 0 Å². The Balaban J connectivity index is 1.48. The van der Waals surface area contributed by atoms with Gasteiger partial charge in [0.2, 0.25) is 5.78 Å². The molecule has 2 aliphatic rings. The molecule has 2 saturated heterocycles. The van der Waals surface area contributed by atoms with Crippen LogP contribution in [0.4, 0.5) is 5.00 Å². The van der Waals surface area contributed by atoms with Crippen molar-refractivity contribution in [3.8, 4) is 11.1 Å². The number of rotatable bonds is 4. The molecule has 0 unspecified atom stereocenters. The first kappa shape index (κ1) is 19.7. The van der Waals surface area contributed by atoms with Gasteiger partial charge in [0.05, 0.1) is 23.1 Å². The van der Waals surface area contributed by atoms with Crippen LogP contribution in [-0.2, 0) is 9.47 Å². The molecule has 2 aromatic heterocycles. The van der Waals surface area contributed by atoms with E-state index in [4.69, 9.17) is 21.1 Å². The van der Waals surface area contributed by atoms with Gasteiger partial charge in [-0.2, -0.15) is 0 Å². The molecule has 2 fully saturated rings. The van der Waals surface area contributed by atoms with Crippen LogP contribution in [-0.4, -0.2) is 42.9 Å². The fourth-order valence-electron chi connectivity index (χ4n) is 4.05. The summed E-state index contributed by atoms with van der Waals surface area (Å²) in [5, 5.41) is 1.72. The molecule has 5 nitrogen and oxygen atoms in total. The lowest BCUT2D eigenvalue weighted by Crippen LogP contribution is -2.45. The summed E-state index contributed by atoms with van der Waals surface area (Å²) in [5.74, 6) is -0.416. The number of hydrogen-bond donors (Lipinski definition) is 0. The number of anilines is 1. The summed E-state index contributed by atoms with van der Waals surface area (Å²) in [5.41, 5.74) is 2.75. The van der Waals surface area contributed by atoms with Crippen molar-refractivity contribution in [1.82, 2.24) is 4.98 Å². The van der Waals surface area contributed by atoms with Crippen molar-refractivity contribution in [2.24, 2.45) is 0 Å². The molecule has 0 radical (unpaired) electrons. The Morgan fingerprint density at radius 3 is 2.37 bits per heavy atom. The highest BCUT2D eigenvalue weighted by Crippen LogP contribution is 2.42. The third-order valence-corrected chi connectivity index (χ3v) is 7.11. The average Bonchev–Trinajstić information content (AvgIpc) is 3.43. The second-order valence-electron chi connectivity index (χ2n) is 7.50. The minimum Gasteiger partial charge on any atom is -0.363 e. The smallest absolute Gasteiger partial charge is 0.203 e. The number of ether oxygens (including phenoxy) is 2. The van der Waals surface area contributed by atoms with Crippen molar-refractivity contribution >= 4 is 33.7 Å². The van der Waals surface area contributed by atoms with E-state index >= 15 is 0 Å². The average molecular weight is 441 g/mol. The fraction of sp³-hybridized carbons (Fsp3) is 0.304. The van der Waals surface area contributed by atoms with Crippen LogP contribution in [0.15, 0.2) is 54.9 Å². The van der Waals surface area contributed by atoms with Gasteiger partial charge in [-0.1, -0.05) is 11.6 Å². The number of pyridine rings is 1. The fourth-order valence-corrected chi connectivity index (χ4v) is 5.37. The van der Waals surface area contributed by atoms with Gasteiger partial charge in [0.15, 0.2) is 5.79 Å². The monoisotopic (exact) mass is 440 g/mol. The number of piperidine rings is 1. The number of aromatic nitrogens is 1. The standard InChI is InChI=1S/C23H21ClN2O3S/c24-18-3-1-17(2-4-18)21(27)20-15-19(16-5-9-25-10-6-16)22(30-20)26-11-7-23(8-12-26)28-13-14-29-23/h1-6,9-10,15H,7-8,11-14H2. The third kappa shape index (κ3) is 3.76. The van der Waals surface area contributed by atoms with Gasteiger partial charge >= 0.3 is 0 Å². The minimum absolute atomic E-state index is 0.00848. The number of carbonyl (C=O) groups is 1. The lowest BCUT2D eigenvalue weighted by atomic mass is 10.0. The van der Waals surface area contributed by atoms with Crippen molar-refractivity contribution in [2.75, 3.05) is 31.2 Å². The summed E-state index contributed by atoms with van der Waals surface area (Å²) < 4.78 is 11.7. The number of thiophene rings is 1. The van der Waals surface area contributed by atoms with E-state index in [0.717, 1.165) is 42.1 Å². The Kier molecular flexibility index (Phi) is 5.33. The summed E-state index contributed by atoms with van der Waals surface area (Å²) in [4.78, 5) is 20.3. The Morgan fingerprint density at radius 2 is 1.70 bits per heavy atom. The number of hydrogen-bond acceptors (Lipinski definition) is 6. The minimum atomic E-state index is -0.424. The van der Waals surface area contributed by atoms with Crippen molar-refractivity contribution in [1.29, 1.82) is 0 Å². The zero-order valence-electron chi connectivity index (χ0n) is 16.3. The molecule has 0 atom stereocenters. The summed E-state index contributed by atoms with van der Waals surface area (Å²) in [6.07, 6.45) is 5.20. The van der Waals surface area contributed by atoms with Gasteiger partial charge in [-0.3, -0.25) is 9.78 Å². The number of nitrogens with zero attached hydrogens (tertiary/aromatic N) is 2. The van der Waals surface area contributed by atoms with Crippen LogP contribution in [0.3, 0.4) is 0 Å². The Hall–Kier alpha value is -2.25. The molecule has 1 spiro atoms. The number of halogens is 1. The first-order chi connectivity index (χ1) is 14.6. The highest BCUT2D eigenvalue weighted by atomic mass is 35.5. The molecule has 0 aliphatic carbocycles. The first-order valence-corrected chi connectivity index (χ1v) is 11.2. The van der Waals surface area contributed by atoms with Crippen molar-refractivity contribution in [3.63, 3.8) is 0 Å². The molecular weight excluding hydrogens is 420 g/mol. The molecule has 5 rings (SSSR count). The molecule has 1 aromatic carbocycles. The lowest BCUT2D eigenvalue weighted by Gasteiger charge is -2.38. The number of ketones is 1. The molecule has 0 saturated carbocycles. The molecule has 0 N–H and O–H groups in total. The quantitative estimate of drug-likeness (QED) is 0.532. The first-order valence-electron chi connectivity index (χ1n) is 10.0. The molecular formula is C23H21ClN2O3S. The highest BCUT2D eigenvalue weighted by molar-refractivity contribution is 7.18. The van der Waals surface area contributed by atoms with Crippen LogP contribution in [0.5, 0.6) is 0 Å². The van der Waals surface area contributed by atoms with Crippen LogP contribution >= 0.6 is 22.9 Å². The van der Waals surface area contributed by atoms with E-state index in [2.05, 4.69) is 9.88 Å². The second kappa shape index (κ2) is 8.12. The molecule has 0 bridgehead atoms. The van der Waals surface area contributed by atoms with Gasteiger partial charge in [-0.15, -0.1) is 11.3 Å². The van der Waals surface area contributed by atoms with E-state index < -0.39 is 5.79 Å². The van der Waals surface area contributed by atoms with E-state index in [0.29, 0.717) is 28.7 Å². The predicted molar refractivity (Wildman–Crippen MR) is 119 cm³/mol. The maximum Gasteiger partial charge on any atom is 0.203 e. The molecule has 3 aromatic rings. The van der Waals surface area contributed by atoms with E-state index in [1.807, 2.05) is 18.2 Å².